The number of hydrogen-bond acceptors (Lipinski definition) is 7. The van der Waals surface area contributed by atoms with Gasteiger partial charge in [0.2, 0.25) is 0 Å². The Morgan fingerprint density at radius 1 is 0.846 bits per heavy atom. The third kappa shape index (κ3) is 5.71. The molecule has 0 spiro atoms. The molecule has 8 nitrogen and oxygen atoms in total. The minimum atomic E-state index is -0.236. The van der Waals surface area contributed by atoms with Crippen LogP contribution in [0.5, 0.6) is 11.5 Å². The molecule has 2 heterocycles. The smallest absolute Gasteiger partial charge is 0.285 e. The Bertz CT molecular complexity index is 1490. The van der Waals surface area contributed by atoms with Crippen molar-refractivity contribution < 1.29 is 9.47 Å². The zero-order chi connectivity index (χ0) is 27.2. The minimum absolute atomic E-state index is 0.236. The van der Waals surface area contributed by atoms with Crippen LogP contribution in [0.15, 0.2) is 100.0 Å². The molecule has 0 N–H and O–H groups in total. The van der Waals surface area contributed by atoms with Crippen LogP contribution >= 0.6 is 0 Å². The molecule has 1 fully saturated rings. The number of benzene rings is 3. The number of para-hydroxylation sites is 2. The van der Waals surface area contributed by atoms with Crippen molar-refractivity contribution in [2.45, 2.75) is 6.92 Å². The van der Waals surface area contributed by atoms with Gasteiger partial charge in [-0.25, -0.2) is 0 Å². The number of pyridine rings is 1. The first-order valence-electron chi connectivity index (χ1n) is 13.2. The average Bonchev–Trinajstić information content (AvgIpc) is 2.98. The molecular formula is C31H33N5O3. The van der Waals surface area contributed by atoms with Crippen molar-refractivity contribution >= 4 is 17.2 Å². The van der Waals surface area contributed by atoms with Gasteiger partial charge in [0.1, 0.15) is 23.0 Å². The Kier molecular flexibility index (Phi) is 8.03. The quantitative estimate of drug-likeness (QED) is 0.262. The van der Waals surface area contributed by atoms with E-state index >= 15 is 0 Å². The summed E-state index contributed by atoms with van der Waals surface area (Å²) in [5, 5.41) is 9.03. The van der Waals surface area contributed by atoms with Crippen LogP contribution in [0.3, 0.4) is 0 Å². The normalized spacial score (nSPS) is 14.1. The lowest BCUT2D eigenvalue weighted by Gasteiger charge is -2.35. The lowest BCUT2D eigenvalue weighted by molar-refractivity contribution is 0.311. The Hall–Kier alpha value is -4.43. The first kappa shape index (κ1) is 26.2. The van der Waals surface area contributed by atoms with E-state index < -0.39 is 0 Å². The molecule has 200 valence electrons. The summed E-state index contributed by atoms with van der Waals surface area (Å²) in [5.74, 6) is 2.19. The van der Waals surface area contributed by atoms with E-state index in [-0.39, 0.29) is 11.2 Å². The number of nitrogens with zero attached hydrogens (tertiary/aromatic N) is 5. The summed E-state index contributed by atoms with van der Waals surface area (Å²) in [6, 6.07) is 26.9. The topological polar surface area (TPSA) is 71.7 Å². The summed E-state index contributed by atoms with van der Waals surface area (Å²) < 4.78 is 12.9. The fourth-order valence-corrected chi connectivity index (χ4v) is 4.71. The largest absolute Gasteiger partial charge is 0.494 e. The fourth-order valence-electron chi connectivity index (χ4n) is 4.71. The van der Waals surface area contributed by atoms with Crippen LogP contribution in [0, 0.1) is 0 Å². The fraction of sp³-hybridized carbons (Fsp3) is 0.258. The highest BCUT2D eigenvalue weighted by Crippen LogP contribution is 2.36. The molecule has 0 atom stereocenters. The van der Waals surface area contributed by atoms with E-state index in [4.69, 9.17) is 9.47 Å². The standard InChI is InChI=1S/C31H33N5O3/c1-4-39-25-16-14-23(15-17-25)26-22-29(35-20-18-34(2)19-21-35)36(24-10-6-5-7-11-24)31(37)30(26)33-32-27-12-8-9-13-28(27)38-3/h5-17,22H,4,18-21H2,1-3H3. The molecule has 1 aliphatic rings. The highest BCUT2D eigenvalue weighted by atomic mass is 16.5. The van der Waals surface area contributed by atoms with Crippen molar-refractivity contribution in [3.8, 4) is 28.3 Å². The van der Waals surface area contributed by atoms with Crippen LogP contribution in [0.25, 0.3) is 16.8 Å². The highest BCUT2D eigenvalue weighted by Gasteiger charge is 2.23. The Balaban J connectivity index is 1.73. The second-order valence-corrected chi connectivity index (χ2v) is 9.36. The van der Waals surface area contributed by atoms with Crippen LogP contribution in [0.1, 0.15) is 6.92 Å². The number of anilines is 1. The zero-order valence-corrected chi connectivity index (χ0v) is 22.6. The van der Waals surface area contributed by atoms with Crippen molar-refractivity contribution in [3.63, 3.8) is 0 Å². The maximum Gasteiger partial charge on any atom is 0.285 e. The van der Waals surface area contributed by atoms with E-state index in [1.54, 1.807) is 11.7 Å². The van der Waals surface area contributed by atoms with E-state index in [9.17, 15) is 4.79 Å². The van der Waals surface area contributed by atoms with Gasteiger partial charge in [-0.15, -0.1) is 10.2 Å². The second-order valence-electron chi connectivity index (χ2n) is 9.36. The second kappa shape index (κ2) is 12.0. The van der Waals surface area contributed by atoms with Gasteiger partial charge in [-0.05, 0) is 62.0 Å². The molecule has 0 bridgehead atoms. The first-order valence-corrected chi connectivity index (χ1v) is 13.2. The van der Waals surface area contributed by atoms with E-state index in [1.165, 1.54) is 0 Å². The monoisotopic (exact) mass is 523 g/mol. The van der Waals surface area contributed by atoms with Gasteiger partial charge in [-0.3, -0.25) is 9.36 Å². The summed E-state index contributed by atoms with van der Waals surface area (Å²) in [5.41, 5.74) is 2.92. The third-order valence-corrected chi connectivity index (χ3v) is 6.82. The molecule has 0 saturated carbocycles. The van der Waals surface area contributed by atoms with Gasteiger partial charge in [0.05, 0.1) is 19.4 Å². The van der Waals surface area contributed by atoms with Gasteiger partial charge < -0.3 is 19.3 Å². The summed E-state index contributed by atoms with van der Waals surface area (Å²) >= 11 is 0. The molecule has 0 amide bonds. The molecule has 1 saturated heterocycles. The lowest BCUT2D eigenvalue weighted by Crippen LogP contribution is -2.46. The molecule has 4 aromatic rings. The number of hydrogen-bond donors (Lipinski definition) is 0. The number of likely N-dealkylation sites (N-methyl/N-ethyl adjacent to an activating group) is 1. The molecule has 5 rings (SSSR count). The minimum Gasteiger partial charge on any atom is -0.494 e. The van der Waals surface area contributed by atoms with E-state index in [0.29, 0.717) is 23.6 Å². The number of piperazine rings is 1. The predicted octanol–water partition coefficient (Wildman–Crippen LogP) is 6.08. The molecule has 0 unspecified atom stereocenters. The molecule has 0 radical (unpaired) electrons. The van der Waals surface area contributed by atoms with Crippen LogP contribution in [0.4, 0.5) is 17.2 Å². The summed E-state index contributed by atoms with van der Waals surface area (Å²) in [6.07, 6.45) is 0. The molecular weight excluding hydrogens is 490 g/mol. The number of azo groups is 1. The van der Waals surface area contributed by atoms with Gasteiger partial charge in [0, 0.05) is 31.7 Å². The van der Waals surface area contributed by atoms with Gasteiger partial charge >= 0.3 is 0 Å². The van der Waals surface area contributed by atoms with Crippen molar-refractivity contribution in [2.24, 2.45) is 10.2 Å². The number of rotatable bonds is 8. The van der Waals surface area contributed by atoms with E-state index in [2.05, 4.69) is 33.1 Å². The van der Waals surface area contributed by atoms with Crippen molar-refractivity contribution in [2.75, 3.05) is 51.8 Å². The SMILES string of the molecule is CCOc1ccc(-c2cc(N3CCN(C)CC3)n(-c3ccccc3)c(=O)c2N=Nc2ccccc2OC)cc1. The van der Waals surface area contributed by atoms with Gasteiger partial charge in [0.25, 0.3) is 5.56 Å². The number of methoxy groups -OCH3 is 1. The lowest BCUT2D eigenvalue weighted by atomic mass is 10.0. The first-order chi connectivity index (χ1) is 19.1. The van der Waals surface area contributed by atoms with E-state index in [1.807, 2.05) is 85.8 Å². The van der Waals surface area contributed by atoms with E-state index in [0.717, 1.165) is 49.0 Å². The molecule has 3 aromatic carbocycles. The molecule has 1 aromatic heterocycles. The number of ether oxygens (including phenoxy) is 2. The maximum absolute atomic E-state index is 14.4. The Morgan fingerprint density at radius 3 is 2.23 bits per heavy atom. The third-order valence-electron chi connectivity index (χ3n) is 6.82. The maximum atomic E-state index is 14.4. The van der Waals surface area contributed by atoms with Gasteiger partial charge in [-0.1, -0.05) is 42.5 Å². The van der Waals surface area contributed by atoms with Gasteiger partial charge in [-0.2, -0.15) is 0 Å². The van der Waals surface area contributed by atoms with Crippen LogP contribution in [-0.4, -0.2) is 56.4 Å². The molecule has 1 aliphatic heterocycles. The van der Waals surface area contributed by atoms with Crippen molar-refractivity contribution in [1.29, 1.82) is 0 Å². The average molecular weight is 524 g/mol. The summed E-state index contributed by atoms with van der Waals surface area (Å²) in [6.45, 7) is 5.99. The van der Waals surface area contributed by atoms with Gasteiger partial charge in [0.15, 0.2) is 5.69 Å². The van der Waals surface area contributed by atoms with Crippen LogP contribution in [-0.2, 0) is 0 Å². The summed E-state index contributed by atoms with van der Waals surface area (Å²) in [7, 11) is 3.71. The predicted molar refractivity (Wildman–Crippen MR) is 156 cm³/mol. The Morgan fingerprint density at radius 2 is 1.54 bits per heavy atom. The summed E-state index contributed by atoms with van der Waals surface area (Å²) in [4.78, 5) is 18.9. The zero-order valence-electron chi connectivity index (χ0n) is 22.6. The number of aromatic nitrogens is 1. The Labute approximate surface area is 228 Å². The highest BCUT2D eigenvalue weighted by molar-refractivity contribution is 5.79. The molecule has 0 aliphatic carbocycles. The van der Waals surface area contributed by atoms with Crippen molar-refractivity contribution in [3.05, 3.63) is 95.3 Å². The molecule has 39 heavy (non-hydrogen) atoms. The van der Waals surface area contributed by atoms with Crippen molar-refractivity contribution in [1.82, 2.24) is 9.47 Å². The molecule has 8 heteroatoms. The van der Waals surface area contributed by atoms with Crippen LogP contribution in [0.2, 0.25) is 0 Å². The van der Waals surface area contributed by atoms with Crippen LogP contribution < -0.4 is 19.9 Å².